The number of anilines is 2. The van der Waals surface area contributed by atoms with Crippen LogP contribution in [0.15, 0.2) is 53.4 Å². The SMILES string of the molecule is CC(=O)N1CCN(c2ccc(S(=O)(=O)N(c3cccc(Cl)c3)C3CCC3)cc2)CC1. The smallest absolute Gasteiger partial charge is 0.264 e. The first-order chi connectivity index (χ1) is 14.4. The number of halogens is 1. The summed E-state index contributed by atoms with van der Waals surface area (Å²) in [6.45, 7) is 4.42. The highest BCUT2D eigenvalue weighted by molar-refractivity contribution is 7.92. The van der Waals surface area contributed by atoms with Gasteiger partial charge in [-0.15, -0.1) is 0 Å². The van der Waals surface area contributed by atoms with Gasteiger partial charge in [-0.1, -0.05) is 17.7 Å². The molecule has 2 aromatic rings. The normalized spacial score (nSPS) is 17.5. The van der Waals surface area contributed by atoms with Gasteiger partial charge in [0, 0.05) is 49.9 Å². The van der Waals surface area contributed by atoms with Gasteiger partial charge in [0.2, 0.25) is 5.91 Å². The monoisotopic (exact) mass is 447 g/mol. The van der Waals surface area contributed by atoms with Crippen LogP contribution in [0.1, 0.15) is 26.2 Å². The van der Waals surface area contributed by atoms with Crippen LogP contribution in [-0.2, 0) is 14.8 Å². The van der Waals surface area contributed by atoms with E-state index in [1.165, 1.54) is 4.31 Å². The molecular weight excluding hydrogens is 422 g/mol. The van der Waals surface area contributed by atoms with Gasteiger partial charge in [0.15, 0.2) is 0 Å². The highest BCUT2D eigenvalue weighted by atomic mass is 35.5. The summed E-state index contributed by atoms with van der Waals surface area (Å²) >= 11 is 6.14. The Hall–Kier alpha value is -2.25. The lowest BCUT2D eigenvalue weighted by atomic mass is 9.93. The molecule has 1 aliphatic heterocycles. The number of hydrogen-bond donors (Lipinski definition) is 0. The van der Waals surface area contributed by atoms with Gasteiger partial charge in [0.1, 0.15) is 0 Å². The minimum absolute atomic E-state index is 0.0344. The van der Waals surface area contributed by atoms with E-state index in [0.717, 1.165) is 38.0 Å². The molecule has 30 heavy (non-hydrogen) atoms. The molecule has 2 fully saturated rings. The third kappa shape index (κ3) is 4.14. The average molecular weight is 448 g/mol. The molecule has 2 aliphatic rings. The van der Waals surface area contributed by atoms with Crippen LogP contribution in [-0.4, -0.2) is 51.4 Å². The van der Waals surface area contributed by atoms with Crippen molar-refractivity contribution in [1.29, 1.82) is 0 Å². The van der Waals surface area contributed by atoms with Gasteiger partial charge in [0.25, 0.3) is 10.0 Å². The third-order valence-corrected chi connectivity index (χ3v) is 8.08. The van der Waals surface area contributed by atoms with E-state index in [4.69, 9.17) is 11.6 Å². The van der Waals surface area contributed by atoms with Gasteiger partial charge >= 0.3 is 0 Å². The number of piperazine rings is 1. The average Bonchev–Trinajstić information content (AvgIpc) is 2.70. The van der Waals surface area contributed by atoms with E-state index in [9.17, 15) is 13.2 Å². The van der Waals surface area contributed by atoms with Crippen molar-refractivity contribution in [2.24, 2.45) is 0 Å². The largest absolute Gasteiger partial charge is 0.368 e. The molecule has 0 radical (unpaired) electrons. The van der Waals surface area contributed by atoms with Crippen molar-refractivity contribution in [3.63, 3.8) is 0 Å². The molecule has 1 saturated carbocycles. The van der Waals surface area contributed by atoms with Crippen LogP contribution < -0.4 is 9.21 Å². The Labute approximate surface area is 183 Å². The number of sulfonamides is 1. The van der Waals surface area contributed by atoms with Crippen LogP contribution in [0.3, 0.4) is 0 Å². The van der Waals surface area contributed by atoms with Crippen LogP contribution in [0.5, 0.6) is 0 Å². The first-order valence-electron chi connectivity index (χ1n) is 10.3. The molecule has 0 spiro atoms. The second kappa shape index (κ2) is 8.47. The maximum Gasteiger partial charge on any atom is 0.264 e. The van der Waals surface area contributed by atoms with Crippen LogP contribution in [0.25, 0.3) is 0 Å². The molecule has 1 aliphatic carbocycles. The van der Waals surface area contributed by atoms with Gasteiger partial charge in [-0.2, -0.15) is 0 Å². The maximum absolute atomic E-state index is 13.5. The molecule has 0 atom stereocenters. The van der Waals surface area contributed by atoms with E-state index in [1.54, 1.807) is 43.3 Å². The Balaban J connectivity index is 1.57. The van der Waals surface area contributed by atoms with Crippen molar-refractivity contribution < 1.29 is 13.2 Å². The van der Waals surface area contributed by atoms with E-state index in [1.807, 2.05) is 17.0 Å². The Bertz CT molecular complexity index is 1010. The van der Waals surface area contributed by atoms with Gasteiger partial charge in [0.05, 0.1) is 10.6 Å². The summed E-state index contributed by atoms with van der Waals surface area (Å²) in [5.74, 6) is 0.0909. The molecule has 4 rings (SSSR count). The zero-order valence-electron chi connectivity index (χ0n) is 17.0. The molecule has 0 bridgehead atoms. The molecule has 0 aromatic heterocycles. The first-order valence-corrected chi connectivity index (χ1v) is 12.1. The molecule has 8 heteroatoms. The van der Waals surface area contributed by atoms with Crippen LogP contribution in [0, 0.1) is 0 Å². The van der Waals surface area contributed by atoms with E-state index < -0.39 is 10.0 Å². The molecule has 1 amide bonds. The second-order valence-electron chi connectivity index (χ2n) is 7.85. The molecule has 6 nitrogen and oxygen atoms in total. The number of carbonyl (C=O) groups excluding carboxylic acids is 1. The minimum atomic E-state index is -3.70. The predicted molar refractivity (Wildman–Crippen MR) is 120 cm³/mol. The second-order valence-corrected chi connectivity index (χ2v) is 10.1. The molecule has 1 heterocycles. The lowest BCUT2D eigenvalue weighted by Crippen LogP contribution is -2.48. The quantitative estimate of drug-likeness (QED) is 0.700. The van der Waals surface area contributed by atoms with Crippen LogP contribution in [0.4, 0.5) is 11.4 Å². The summed E-state index contributed by atoms with van der Waals surface area (Å²) in [5.41, 5.74) is 1.58. The summed E-state index contributed by atoms with van der Waals surface area (Å²) in [4.78, 5) is 15.8. The van der Waals surface area contributed by atoms with E-state index in [-0.39, 0.29) is 16.8 Å². The summed E-state index contributed by atoms with van der Waals surface area (Å²) in [6.07, 6.45) is 2.73. The summed E-state index contributed by atoms with van der Waals surface area (Å²) < 4.78 is 28.5. The summed E-state index contributed by atoms with van der Waals surface area (Å²) in [6, 6.07) is 14.1. The third-order valence-electron chi connectivity index (χ3n) is 5.95. The summed E-state index contributed by atoms with van der Waals surface area (Å²) in [5, 5.41) is 0.520. The van der Waals surface area contributed by atoms with Gasteiger partial charge in [-0.25, -0.2) is 8.42 Å². The molecule has 0 N–H and O–H groups in total. The Kier molecular flexibility index (Phi) is 5.93. The van der Waals surface area contributed by atoms with Crippen molar-refractivity contribution in [1.82, 2.24) is 4.90 Å². The predicted octanol–water partition coefficient (Wildman–Crippen LogP) is 3.76. The van der Waals surface area contributed by atoms with Crippen molar-refractivity contribution >= 4 is 38.9 Å². The molecule has 1 saturated heterocycles. The molecule has 0 unspecified atom stereocenters. The van der Waals surface area contributed by atoms with Gasteiger partial charge in [-0.3, -0.25) is 9.10 Å². The van der Waals surface area contributed by atoms with Crippen molar-refractivity contribution in [2.75, 3.05) is 35.4 Å². The van der Waals surface area contributed by atoms with Crippen molar-refractivity contribution in [3.8, 4) is 0 Å². The van der Waals surface area contributed by atoms with E-state index in [2.05, 4.69) is 4.90 Å². The number of hydrogen-bond acceptors (Lipinski definition) is 4. The maximum atomic E-state index is 13.5. The van der Waals surface area contributed by atoms with E-state index >= 15 is 0 Å². The van der Waals surface area contributed by atoms with Gasteiger partial charge < -0.3 is 9.80 Å². The summed E-state index contributed by atoms with van der Waals surface area (Å²) in [7, 11) is -3.70. The fourth-order valence-corrected chi connectivity index (χ4v) is 5.89. The Morgan fingerprint density at radius 1 is 1.03 bits per heavy atom. The Morgan fingerprint density at radius 3 is 2.23 bits per heavy atom. The van der Waals surface area contributed by atoms with E-state index in [0.29, 0.717) is 23.8 Å². The lowest BCUT2D eigenvalue weighted by Gasteiger charge is -2.38. The minimum Gasteiger partial charge on any atom is -0.368 e. The van der Waals surface area contributed by atoms with Crippen molar-refractivity contribution in [3.05, 3.63) is 53.6 Å². The number of amides is 1. The fraction of sp³-hybridized carbons (Fsp3) is 0.409. The standard InChI is InChI=1S/C22H26ClN3O3S/c1-17(27)24-12-14-25(15-13-24)19-8-10-22(11-9-19)30(28,29)26(20-5-3-6-20)21-7-2-4-18(23)16-21/h2,4,7-11,16,20H,3,5-6,12-15H2,1H3. The topological polar surface area (TPSA) is 60.9 Å². The number of carbonyl (C=O) groups is 1. The zero-order valence-corrected chi connectivity index (χ0v) is 18.6. The van der Waals surface area contributed by atoms with Gasteiger partial charge in [-0.05, 0) is 61.7 Å². The Morgan fingerprint density at radius 2 is 1.70 bits per heavy atom. The van der Waals surface area contributed by atoms with Crippen LogP contribution in [0.2, 0.25) is 5.02 Å². The fourth-order valence-electron chi connectivity index (χ4n) is 4.00. The highest BCUT2D eigenvalue weighted by Crippen LogP contribution is 2.36. The lowest BCUT2D eigenvalue weighted by molar-refractivity contribution is -0.129. The number of benzene rings is 2. The zero-order chi connectivity index (χ0) is 21.3. The number of nitrogens with zero attached hydrogens (tertiary/aromatic N) is 3. The first kappa shape index (κ1) is 21.0. The molecule has 160 valence electrons. The molecule has 2 aromatic carbocycles. The van der Waals surface area contributed by atoms with Crippen molar-refractivity contribution in [2.45, 2.75) is 37.1 Å². The number of rotatable bonds is 5. The van der Waals surface area contributed by atoms with Crippen LogP contribution >= 0.6 is 11.6 Å². The highest BCUT2D eigenvalue weighted by Gasteiger charge is 2.35. The molecular formula is C22H26ClN3O3S.